The molecular weight excluding hydrogens is 123 g/mol. The van der Waals surface area contributed by atoms with E-state index < -0.39 is 6.36 Å². The number of ether oxygens (including phenoxy) is 1. The van der Waals surface area contributed by atoms with Crippen LogP contribution in [0.25, 0.3) is 0 Å². The van der Waals surface area contributed by atoms with E-state index in [1.54, 1.807) is 0 Å². The van der Waals surface area contributed by atoms with Gasteiger partial charge in [-0.1, -0.05) is 0 Å². The first kappa shape index (κ1) is 6.30. The molecule has 1 heterocycles. The maximum Gasteiger partial charge on any atom is 0.217 e. The normalized spacial score (nSPS) is 27.6. The van der Waals surface area contributed by atoms with Gasteiger partial charge in [-0.2, -0.15) is 5.26 Å². The van der Waals surface area contributed by atoms with Crippen molar-refractivity contribution in [2.45, 2.75) is 6.36 Å². The molecule has 3 nitrogen and oxygen atoms in total. The predicted octanol–water partition coefficient (Wildman–Crippen LogP) is 0.0953. The Morgan fingerprint density at radius 2 is 2.56 bits per heavy atom. The molecule has 0 aliphatic carbocycles. The summed E-state index contributed by atoms with van der Waals surface area (Å²) < 4.78 is 16.8. The molecule has 0 radical (unpaired) electrons. The average molecular weight is 130 g/mol. The molecule has 0 N–H and O–H groups in total. The number of hydrogen-bond donors (Lipinski definition) is 0. The molecular formula is C5H7FN2O. The molecule has 1 atom stereocenters. The molecule has 0 bridgehead atoms. The Balaban J connectivity index is 2.34. The molecule has 1 rings (SSSR count). The molecule has 0 aromatic rings. The lowest BCUT2D eigenvalue weighted by atomic mass is 10.4. The molecule has 1 aliphatic heterocycles. The number of halogens is 1. The Morgan fingerprint density at radius 1 is 1.78 bits per heavy atom. The fraction of sp³-hybridized carbons (Fsp3) is 0.800. The maximum atomic E-state index is 12.2. The predicted molar refractivity (Wildman–Crippen MR) is 28.0 cm³/mol. The zero-order chi connectivity index (χ0) is 6.69. The van der Waals surface area contributed by atoms with Crippen LogP contribution in [0, 0.1) is 11.5 Å². The molecule has 50 valence electrons. The highest BCUT2D eigenvalue weighted by atomic mass is 19.1. The van der Waals surface area contributed by atoms with Crippen molar-refractivity contribution in [2.24, 2.45) is 0 Å². The van der Waals surface area contributed by atoms with Gasteiger partial charge in [0, 0.05) is 0 Å². The molecule has 1 saturated heterocycles. The van der Waals surface area contributed by atoms with Crippen molar-refractivity contribution >= 4 is 0 Å². The molecule has 1 aliphatic rings. The van der Waals surface area contributed by atoms with Crippen molar-refractivity contribution in [3.8, 4) is 6.19 Å². The van der Waals surface area contributed by atoms with Crippen LogP contribution >= 0.6 is 0 Å². The second-order valence-electron chi connectivity index (χ2n) is 1.83. The number of hydrogen-bond acceptors (Lipinski definition) is 3. The molecule has 0 spiro atoms. The minimum Gasteiger partial charge on any atom is -0.345 e. The van der Waals surface area contributed by atoms with Crippen LogP contribution in [0.2, 0.25) is 0 Å². The van der Waals surface area contributed by atoms with Crippen LogP contribution in [0.15, 0.2) is 0 Å². The largest absolute Gasteiger partial charge is 0.345 e. The van der Waals surface area contributed by atoms with Crippen LogP contribution in [-0.4, -0.2) is 31.0 Å². The van der Waals surface area contributed by atoms with E-state index in [2.05, 4.69) is 4.74 Å². The Morgan fingerprint density at radius 3 is 3.00 bits per heavy atom. The van der Waals surface area contributed by atoms with Crippen molar-refractivity contribution < 1.29 is 9.13 Å². The average Bonchev–Trinajstić information content (AvgIpc) is 1.88. The lowest BCUT2D eigenvalue weighted by Crippen LogP contribution is -2.37. The van der Waals surface area contributed by atoms with Gasteiger partial charge in [0.05, 0.1) is 19.7 Å². The third-order valence-corrected chi connectivity index (χ3v) is 1.17. The quantitative estimate of drug-likeness (QED) is 0.436. The summed E-state index contributed by atoms with van der Waals surface area (Å²) in [4.78, 5) is 1.34. The Bertz CT molecular complexity index is 133. The fourth-order valence-corrected chi connectivity index (χ4v) is 0.699. The first-order valence-electron chi connectivity index (χ1n) is 2.73. The lowest BCUT2D eigenvalue weighted by molar-refractivity contribution is -0.0849. The highest BCUT2D eigenvalue weighted by Crippen LogP contribution is 2.03. The minimum atomic E-state index is -1.28. The molecule has 0 saturated carbocycles. The summed E-state index contributed by atoms with van der Waals surface area (Å²) in [5.74, 6) is 0. The molecule has 0 aromatic carbocycles. The summed E-state index contributed by atoms with van der Waals surface area (Å²) in [5, 5.41) is 8.26. The van der Waals surface area contributed by atoms with E-state index in [9.17, 15) is 4.39 Å². The highest BCUT2D eigenvalue weighted by molar-refractivity contribution is 4.76. The number of nitrogens with zero attached hydrogens (tertiary/aromatic N) is 2. The van der Waals surface area contributed by atoms with Crippen molar-refractivity contribution in [3.63, 3.8) is 0 Å². The van der Waals surface area contributed by atoms with E-state index in [0.29, 0.717) is 13.2 Å². The van der Waals surface area contributed by atoms with Gasteiger partial charge < -0.3 is 9.64 Å². The van der Waals surface area contributed by atoms with Crippen molar-refractivity contribution in [2.75, 3.05) is 19.7 Å². The zero-order valence-electron chi connectivity index (χ0n) is 4.88. The van der Waals surface area contributed by atoms with E-state index in [1.165, 1.54) is 4.90 Å². The molecule has 1 unspecified atom stereocenters. The summed E-state index contributed by atoms with van der Waals surface area (Å²) in [6, 6.07) is 0. The molecule has 0 amide bonds. The monoisotopic (exact) mass is 130 g/mol. The van der Waals surface area contributed by atoms with Gasteiger partial charge in [-0.25, -0.2) is 4.39 Å². The van der Waals surface area contributed by atoms with Crippen LogP contribution in [0.4, 0.5) is 4.39 Å². The maximum absolute atomic E-state index is 12.2. The van der Waals surface area contributed by atoms with Gasteiger partial charge in [-0.05, 0) is 0 Å². The Kier molecular flexibility index (Phi) is 1.85. The topological polar surface area (TPSA) is 36.3 Å². The highest BCUT2D eigenvalue weighted by Gasteiger charge is 2.17. The smallest absolute Gasteiger partial charge is 0.217 e. The van der Waals surface area contributed by atoms with Crippen LogP contribution in [-0.2, 0) is 4.74 Å². The van der Waals surface area contributed by atoms with Crippen LogP contribution in [0.5, 0.6) is 0 Å². The van der Waals surface area contributed by atoms with E-state index in [1.807, 2.05) is 6.19 Å². The second kappa shape index (κ2) is 2.65. The van der Waals surface area contributed by atoms with E-state index in [0.717, 1.165) is 0 Å². The molecule has 0 aromatic heterocycles. The number of morpholine rings is 1. The van der Waals surface area contributed by atoms with Gasteiger partial charge in [-0.3, -0.25) is 0 Å². The summed E-state index contributed by atoms with van der Waals surface area (Å²) >= 11 is 0. The van der Waals surface area contributed by atoms with Crippen LogP contribution in [0.1, 0.15) is 0 Å². The summed E-state index contributed by atoms with van der Waals surface area (Å²) in [5.41, 5.74) is 0. The standard InChI is InChI=1S/C5H7FN2O/c6-5-3-8(4-7)1-2-9-5/h5H,1-3H2. The zero-order valence-corrected chi connectivity index (χ0v) is 4.88. The summed E-state index contributed by atoms with van der Waals surface area (Å²) in [6.07, 6.45) is 0.568. The van der Waals surface area contributed by atoms with E-state index in [4.69, 9.17) is 5.26 Å². The minimum absolute atomic E-state index is 0.0799. The van der Waals surface area contributed by atoms with Gasteiger partial charge >= 0.3 is 0 Å². The SMILES string of the molecule is N#CN1CCOC(F)C1. The number of nitriles is 1. The van der Waals surface area contributed by atoms with Gasteiger partial charge in [0.1, 0.15) is 0 Å². The van der Waals surface area contributed by atoms with Gasteiger partial charge in [0.2, 0.25) is 6.36 Å². The first-order chi connectivity index (χ1) is 4.33. The second-order valence-corrected chi connectivity index (χ2v) is 1.83. The fourth-order valence-electron chi connectivity index (χ4n) is 0.699. The Labute approximate surface area is 52.6 Å². The van der Waals surface area contributed by atoms with Gasteiger partial charge in [0.15, 0.2) is 6.19 Å². The lowest BCUT2D eigenvalue weighted by Gasteiger charge is -2.23. The van der Waals surface area contributed by atoms with Crippen molar-refractivity contribution in [1.29, 1.82) is 5.26 Å². The summed E-state index contributed by atoms with van der Waals surface area (Å²) in [7, 11) is 0. The molecule has 9 heavy (non-hydrogen) atoms. The van der Waals surface area contributed by atoms with Gasteiger partial charge in [0.25, 0.3) is 0 Å². The number of rotatable bonds is 0. The number of alkyl halides is 1. The van der Waals surface area contributed by atoms with Crippen LogP contribution in [0.3, 0.4) is 0 Å². The third kappa shape index (κ3) is 1.54. The Hall–Kier alpha value is -0.820. The van der Waals surface area contributed by atoms with Gasteiger partial charge in [-0.15, -0.1) is 0 Å². The van der Waals surface area contributed by atoms with Crippen LogP contribution < -0.4 is 0 Å². The van der Waals surface area contributed by atoms with Crippen molar-refractivity contribution in [1.82, 2.24) is 4.90 Å². The first-order valence-corrected chi connectivity index (χ1v) is 2.73. The van der Waals surface area contributed by atoms with Crippen molar-refractivity contribution in [3.05, 3.63) is 0 Å². The summed E-state index contributed by atoms with van der Waals surface area (Å²) in [6.45, 7) is 0.905. The molecule has 1 fully saturated rings. The van der Waals surface area contributed by atoms with E-state index >= 15 is 0 Å². The third-order valence-electron chi connectivity index (χ3n) is 1.17. The van der Waals surface area contributed by atoms with E-state index in [-0.39, 0.29) is 6.54 Å². The molecule has 4 heteroatoms.